The monoisotopic (exact) mass is 445 g/mol. The second-order valence-corrected chi connectivity index (χ2v) is 8.96. The van der Waals surface area contributed by atoms with E-state index in [1.165, 1.54) is 0 Å². The first-order valence-electron chi connectivity index (χ1n) is 9.96. The molecule has 0 spiro atoms. The van der Waals surface area contributed by atoms with Gasteiger partial charge in [0, 0.05) is 25.9 Å². The summed E-state index contributed by atoms with van der Waals surface area (Å²) in [6, 6.07) is 6.98. The van der Waals surface area contributed by atoms with Crippen molar-refractivity contribution in [1.29, 1.82) is 0 Å². The Bertz CT molecular complexity index is 709. The van der Waals surface area contributed by atoms with Crippen LogP contribution in [0, 0.1) is 0 Å². The van der Waals surface area contributed by atoms with Crippen molar-refractivity contribution in [3.63, 3.8) is 0 Å². The molecule has 1 heterocycles. The Labute approximate surface area is 178 Å². The smallest absolute Gasteiger partial charge is 0.338 e. The van der Waals surface area contributed by atoms with Crippen molar-refractivity contribution in [3.8, 4) is 0 Å². The zero-order valence-electron chi connectivity index (χ0n) is 17.4. The molecule has 1 aromatic carbocycles. The molecule has 1 aromatic rings. The molecule has 0 aromatic heterocycles. The van der Waals surface area contributed by atoms with E-state index in [0.717, 1.165) is 5.69 Å². The van der Waals surface area contributed by atoms with Gasteiger partial charge in [0.05, 0.1) is 63.3 Å². The lowest BCUT2D eigenvalue weighted by atomic mass is 10.2. The Balaban J connectivity index is 1.53. The maximum atomic E-state index is 12.1. The van der Waals surface area contributed by atoms with Crippen LogP contribution < -0.4 is 4.90 Å². The van der Waals surface area contributed by atoms with E-state index in [2.05, 4.69) is 0 Å². The van der Waals surface area contributed by atoms with E-state index in [-0.39, 0.29) is 18.1 Å². The largest absolute Gasteiger partial charge is 0.460 e. The molecule has 0 unspecified atom stereocenters. The molecule has 0 N–H and O–H groups in total. The van der Waals surface area contributed by atoms with Crippen LogP contribution in [0.15, 0.2) is 24.3 Å². The molecular weight excluding hydrogens is 414 g/mol. The number of esters is 1. The summed E-state index contributed by atoms with van der Waals surface area (Å²) in [5.41, 5.74) is 1.34. The van der Waals surface area contributed by atoms with Gasteiger partial charge in [0.25, 0.3) is 0 Å². The van der Waals surface area contributed by atoms with Gasteiger partial charge in [-0.05, 0) is 24.3 Å². The highest BCUT2D eigenvalue weighted by Gasteiger charge is 2.21. The lowest BCUT2D eigenvalue weighted by Crippen LogP contribution is -2.40. The van der Waals surface area contributed by atoms with Crippen molar-refractivity contribution in [2.24, 2.45) is 0 Å². The van der Waals surface area contributed by atoms with E-state index in [1.807, 2.05) is 4.90 Å². The summed E-state index contributed by atoms with van der Waals surface area (Å²) >= 11 is 0. The molecule has 1 aliphatic heterocycles. The van der Waals surface area contributed by atoms with E-state index in [1.54, 1.807) is 31.4 Å². The lowest BCUT2D eigenvalue weighted by molar-refractivity contribution is -0.00551. The number of nitrogens with zero attached hydrogens (tertiary/aromatic N) is 1. The number of anilines is 1. The average molecular weight is 446 g/mol. The molecule has 9 nitrogen and oxygen atoms in total. The molecule has 0 bridgehead atoms. The Morgan fingerprint density at radius 1 is 0.833 bits per heavy atom. The zero-order chi connectivity index (χ0) is 21.7. The molecule has 0 saturated carbocycles. The normalized spacial score (nSPS) is 15.8. The third-order valence-corrected chi connectivity index (χ3v) is 6.06. The molecule has 0 aliphatic carbocycles. The second kappa shape index (κ2) is 13.6. The first-order valence-corrected chi connectivity index (χ1v) is 11.8. The van der Waals surface area contributed by atoms with E-state index < -0.39 is 15.8 Å². The van der Waals surface area contributed by atoms with Crippen molar-refractivity contribution in [2.75, 3.05) is 89.5 Å². The molecule has 1 fully saturated rings. The Kier molecular flexibility index (Phi) is 11.1. The average Bonchev–Trinajstić information content (AvgIpc) is 2.74. The van der Waals surface area contributed by atoms with E-state index in [9.17, 15) is 13.2 Å². The lowest BCUT2D eigenvalue weighted by Gasteiger charge is -2.28. The molecule has 1 saturated heterocycles. The van der Waals surface area contributed by atoms with Gasteiger partial charge in [0.2, 0.25) is 0 Å². The maximum Gasteiger partial charge on any atom is 0.338 e. The van der Waals surface area contributed by atoms with Crippen LogP contribution in [-0.2, 0) is 33.5 Å². The minimum absolute atomic E-state index is 0.157. The summed E-state index contributed by atoms with van der Waals surface area (Å²) < 4.78 is 49.1. The summed E-state index contributed by atoms with van der Waals surface area (Å²) in [6.45, 7) is 4.36. The minimum atomic E-state index is -2.92. The van der Waals surface area contributed by atoms with E-state index in [4.69, 9.17) is 23.7 Å². The van der Waals surface area contributed by atoms with Gasteiger partial charge >= 0.3 is 5.97 Å². The molecule has 10 heteroatoms. The Hall–Kier alpha value is -1.72. The fraction of sp³-hybridized carbons (Fsp3) is 0.650. The summed E-state index contributed by atoms with van der Waals surface area (Å²) in [6.07, 6.45) is 0. The number of ether oxygens (including phenoxy) is 5. The fourth-order valence-corrected chi connectivity index (χ4v) is 3.94. The summed E-state index contributed by atoms with van der Waals surface area (Å²) in [5.74, 6) is -0.107. The van der Waals surface area contributed by atoms with Crippen LogP contribution in [0.4, 0.5) is 5.69 Å². The van der Waals surface area contributed by atoms with Crippen LogP contribution in [0.25, 0.3) is 0 Å². The molecule has 0 amide bonds. The van der Waals surface area contributed by atoms with Gasteiger partial charge in [-0.1, -0.05) is 0 Å². The fourth-order valence-electron chi connectivity index (χ4n) is 2.74. The zero-order valence-corrected chi connectivity index (χ0v) is 18.2. The van der Waals surface area contributed by atoms with Crippen LogP contribution in [0.3, 0.4) is 0 Å². The predicted octanol–water partition coefficient (Wildman–Crippen LogP) is 0.774. The van der Waals surface area contributed by atoms with Gasteiger partial charge in [-0.25, -0.2) is 13.2 Å². The topological polar surface area (TPSA) is 101 Å². The highest BCUT2D eigenvalue weighted by atomic mass is 32.2. The maximum absolute atomic E-state index is 12.1. The highest BCUT2D eigenvalue weighted by molar-refractivity contribution is 7.91. The summed E-state index contributed by atoms with van der Waals surface area (Å²) in [5, 5.41) is 0. The van der Waals surface area contributed by atoms with E-state index >= 15 is 0 Å². The number of rotatable bonds is 14. The first-order chi connectivity index (χ1) is 14.5. The van der Waals surface area contributed by atoms with Crippen molar-refractivity contribution >= 4 is 21.5 Å². The number of benzene rings is 1. The van der Waals surface area contributed by atoms with Crippen molar-refractivity contribution in [2.45, 2.75) is 0 Å². The van der Waals surface area contributed by atoms with E-state index in [0.29, 0.717) is 64.9 Å². The highest BCUT2D eigenvalue weighted by Crippen LogP contribution is 2.18. The Morgan fingerprint density at radius 2 is 1.33 bits per heavy atom. The molecular formula is C20H31NO8S. The number of hydrogen-bond acceptors (Lipinski definition) is 9. The van der Waals surface area contributed by atoms with Gasteiger partial charge in [-0.3, -0.25) is 0 Å². The SMILES string of the molecule is COCCOCCOCCOCCOC(=O)c1ccc(N2CCS(=O)(=O)CC2)cc1. The quantitative estimate of drug-likeness (QED) is 0.304. The van der Waals surface area contributed by atoms with Gasteiger partial charge in [0.15, 0.2) is 9.84 Å². The van der Waals surface area contributed by atoms with Crippen molar-refractivity contribution < 1.29 is 36.9 Å². The van der Waals surface area contributed by atoms with Gasteiger partial charge in [0.1, 0.15) is 6.61 Å². The van der Waals surface area contributed by atoms with Crippen LogP contribution in [0.5, 0.6) is 0 Å². The van der Waals surface area contributed by atoms with Crippen molar-refractivity contribution in [1.82, 2.24) is 0 Å². The van der Waals surface area contributed by atoms with Gasteiger partial charge in [-0.2, -0.15) is 0 Å². The number of hydrogen-bond donors (Lipinski definition) is 0. The third-order valence-electron chi connectivity index (χ3n) is 4.45. The van der Waals surface area contributed by atoms with Crippen LogP contribution in [-0.4, -0.2) is 98.9 Å². The number of carbonyl (C=O) groups excluding carboxylic acids is 1. The first kappa shape index (κ1) is 24.5. The second-order valence-electron chi connectivity index (χ2n) is 6.65. The number of sulfone groups is 1. The van der Waals surface area contributed by atoms with Gasteiger partial charge < -0.3 is 28.6 Å². The van der Waals surface area contributed by atoms with Gasteiger partial charge in [-0.15, -0.1) is 0 Å². The minimum Gasteiger partial charge on any atom is -0.460 e. The summed E-state index contributed by atoms with van der Waals surface area (Å²) in [7, 11) is -1.29. The summed E-state index contributed by atoms with van der Waals surface area (Å²) in [4.78, 5) is 14.1. The van der Waals surface area contributed by atoms with Crippen LogP contribution >= 0.6 is 0 Å². The van der Waals surface area contributed by atoms with Crippen LogP contribution in [0.2, 0.25) is 0 Å². The van der Waals surface area contributed by atoms with Crippen LogP contribution in [0.1, 0.15) is 10.4 Å². The standard InChI is InChI=1S/C20H31NO8S/c1-25-8-9-26-10-11-27-12-13-28-14-15-29-20(22)18-2-4-19(5-3-18)21-6-16-30(23,24)17-7-21/h2-5H,6-17H2,1H3. The number of methoxy groups -OCH3 is 1. The predicted molar refractivity (Wildman–Crippen MR) is 112 cm³/mol. The molecule has 170 valence electrons. The molecule has 1 aliphatic rings. The third kappa shape index (κ3) is 9.40. The number of carbonyl (C=O) groups is 1. The molecule has 0 atom stereocenters. The molecule has 2 rings (SSSR count). The Morgan fingerprint density at radius 3 is 1.87 bits per heavy atom. The molecule has 0 radical (unpaired) electrons. The van der Waals surface area contributed by atoms with Crippen molar-refractivity contribution in [3.05, 3.63) is 29.8 Å². The molecule has 30 heavy (non-hydrogen) atoms.